The Morgan fingerprint density at radius 2 is 2.35 bits per heavy atom. The van der Waals surface area contributed by atoms with Gasteiger partial charge in [0, 0.05) is 46.6 Å². The van der Waals surface area contributed by atoms with E-state index in [2.05, 4.69) is 20.5 Å². The van der Waals surface area contributed by atoms with Crippen molar-refractivity contribution in [2.75, 3.05) is 63.7 Å². The number of likely N-dealkylation sites (N-methyl/N-ethyl adjacent to an activating group) is 1. The van der Waals surface area contributed by atoms with E-state index in [0.29, 0.717) is 29.5 Å². The number of methoxy groups -OCH3 is 1. The molecule has 0 aliphatic carbocycles. The van der Waals surface area contributed by atoms with Gasteiger partial charge in [-0.15, -0.1) is 0 Å². The van der Waals surface area contributed by atoms with E-state index in [-0.39, 0.29) is 18.4 Å². The lowest BCUT2D eigenvalue weighted by Gasteiger charge is -2.26. The normalized spacial score (nSPS) is 20.0. The van der Waals surface area contributed by atoms with Crippen LogP contribution in [-0.2, 0) is 9.53 Å². The quantitative estimate of drug-likeness (QED) is 0.690. The third kappa shape index (κ3) is 4.31. The highest BCUT2D eigenvalue weighted by molar-refractivity contribution is 6.03. The standard InChI is InChI=1S/C18H27N5O3/c1-22-15-8-14(10-19-17(15)20-11-16(22)24)18(25)21-9-13-4-6-23(12-13)5-3-7-26-2/h8,10,13H,3-7,9,11-12H2,1-2H3,(H,19,20)(H,21,25). The number of ether oxygens (including phenoxy) is 1. The minimum absolute atomic E-state index is 0.0450. The zero-order chi connectivity index (χ0) is 18.5. The van der Waals surface area contributed by atoms with E-state index >= 15 is 0 Å². The number of likely N-dealkylation sites (tertiary alicyclic amines) is 1. The van der Waals surface area contributed by atoms with Crippen molar-refractivity contribution < 1.29 is 14.3 Å². The first-order valence-electron chi connectivity index (χ1n) is 9.08. The molecular formula is C18H27N5O3. The molecule has 1 aromatic heterocycles. The molecular weight excluding hydrogens is 334 g/mol. The van der Waals surface area contributed by atoms with Crippen molar-refractivity contribution in [1.82, 2.24) is 15.2 Å². The van der Waals surface area contributed by atoms with E-state index in [9.17, 15) is 9.59 Å². The SMILES string of the molecule is COCCCN1CCC(CNC(=O)c2cnc3c(c2)N(C)C(=O)CN3)C1. The van der Waals surface area contributed by atoms with Crippen molar-refractivity contribution in [3.05, 3.63) is 17.8 Å². The number of hydrogen-bond acceptors (Lipinski definition) is 6. The number of aromatic nitrogens is 1. The predicted octanol–water partition coefficient (Wildman–Crippen LogP) is 0.558. The molecule has 2 aliphatic heterocycles. The number of fused-ring (bicyclic) bond motifs is 1. The Labute approximate surface area is 153 Å². The molecule has 2 aliphatic rings. The highest BCUT2D eigenvalue weighted by Crippen LogP contribution is 2.27. The zero-order valence-electron chi connectivity index (χ0n) is 15.5. The Morgan fingerprint density at radius 1 is 1.50 bits per heavy atom. The number of nitrogens with one attached hydrogen (secondary N) is 2. The van der Waals surface area contributed by atoms with Crippen LogP contribution >= 0.6 is 0 Å². The van der Waals surface area contributed by atoms with Crippen LogP contribution in [0.1, 0.15) is 23.2 Å². The van der Waals surface area contributed by atoms with Gasteiger partial charge in [-0.25, -0.2) is 4.98 Å². The van der Waals surface area contributed by atoms with Crippen molar-refractivity contribution in [2.24, 2.45) is 5.92 Å². The molecule has 142 valence electrons. The summed E-state index contributed by atoms with van der Waals surface area (Å²) in [5.41, 5.74) is 1.11. The van der Waals surface area contributed by atoms with Gasteiger partial charge in [0.05, 0.1) is 17.8 Å². The summed E-state index contributed by atoms with van der Waals surface area (Å²) in [5, 5.41) is 5.97. The van der Waals surface area contributed by atoms with E-state index in [1.807, 2.05) is 0 Å². The molecule has 2 amide bonds. The topological polar surface area (TPSA) is 86.8 Å². The maximum Gasteiger partial charge on any atom is 0.252 e. The second-order valence-electron chi connectivity index (χ2n) is 6.91. The van der Waals surface area contributed by atoms with Crippen molar-refractivity contribution in [3.63, 3.8) is 0 Å². The number of carbonyl (C=O) groups excluding carboxylic acids is 2. The molecule has 2 N–H and O–H groups in total. The number of amides is 2. The summed E-state index contributed by atoms with van der Waals surface area (Å²) in [4.78, 5) is 32.5. The average Bonchev–Trinajstić information content (AvgIpc) is 3.10. The molecule has 0 spiro atoms. The highest BCUT2D eigenvalue weighted by Gasteiger charge is 2.25. The summed E-state index contributed by atoms with van der Waals surface area (Å²) in [6, 6.07) is 1.72. The van der Waals surface area contributed by atoms with Gasteiger partial charge in [-0.2, -0.15) is 0 Å². The van der Waals surface area contributed by atoms with Gasteiger partial charge in [0.1, 0.15) is 5.82 Å². The Bertz CT molecular complexity index is 666. The number of carbonyl (C=O) groups is 2. The molecule has 26 heavy (non-hydrogen) atoms. The lowest BCUT2D eigenvalue weighted by Crippen LogP contribution is -2.37. The molecule has 0 bridgehead atoms. The smallest absolute Gasteiger partial charge is 0.252 e. The van der Waals surface area contributed by atoms with E-state index in [1.54, 1.807) is 26.4 Å². The minimum atomic E-state index is -0.149. The first-order valence-corrected chi connectivity index (χ1v) is 9.08. The summed E-state index contributed by atoms with van der Waals surface area (Å²) in [6.07, 6.45) is 3.68. The Morgan fingerprint density at radius 3 is 3.15 bits per heavy atom. The van der Waals surface area contributed by atoms with Crippen LogP contribution in [0.25, 0.3) is 0 Å². The average molecular weight is 361 g/mol. The van der Waals surface area contributed by atoms with Crippen LogP contribution in [0, 0.1) is 5.92 Å². The fourth-order valence-electron chi connectivity index (χ4n) is 3.44. The molecule has 0 saturated carbocycles. The molecule has 1 atom stereocenters. The summed E-state index contributed by atoms with van der Waals surface area (Å²) in [5.74, 6) is 0.907. The van der Waals surface area contributed by atoms with E-state index in [1.165, 1.54) is 4.90 Å². The Hall–Kier alpha value is -2.19. The summed E-state index contributed by atoms with van der Waals surface area (Å²) < 4.78 is 5.09. The lowest BCUT2D eigenvalue weighted by atomic mass is 10.1. The highest BCUT2D eigenvalue weighted by atomic mass is 16.5. The Kier molecular flexibility index (Phi) is 6.05. The van der Waals surface area contributed by atoms with Crippen LogP contribution in [0.2, 0.25) is 0 Å². The van der Waals surface area contributed by atoms with Crippen molar-refractivity contribution in [1.29, 1.82) is 0 Å². The number of pyridine rings is 1. The van der Waals surface area contributed by atoms with Gasteiger partial charge >= 0.3 is 0 Å². The molecule has 3 heterocycles. The van der Waals surface area contributed by atoms with Gasteiger partial charge in [0.25, 0.3) is 5.91 Å². The van der Waals surface area contributed by atoms with Gasteiger partial charge in [-0.05, 0) is 31.4 Å². The molecule has 0 radical (unpaired) electrons. The maximum absolute atomic E-state index is 12.5. The molecule has 8 heteroatoms. The predicted molar refractivity (Wildman–Crippen MR) is 99.5 cm³/mol. The summed E-state index contributed by atoms with van der Waals surface area (Å²) in [6.45, 7) is 4.79. The summed E-state index contributed by atoms with van der Waals surface area (Å²) in [7, 11) is 3.42. The van der Waals surface area contributed by atoms with Gasteiger partial charge in [-0.3, -0.25) is 9.59 Å². The fourth-order valence-corrected chi connectivity index (χ4v) is 3.44. The second-order valence-corrected chi connectivity index (χ2v) is 6.91. The van der Waals surface area contributed by atoms with E-state index in [0.717, 1.165) is 39.1 Å². The van der Waals surface area contributed by atoms with Crippen molar-refractivity contribution in [2.45, 2.75) is 12.8 Å². The largest absolute Gasteiger partial charge is 0.385 e. The number of nitrogens with zero attached hydrogens (tertiary/aromatic N) is 3. The van der Waals surface area contributed by atoms with Crippen molar-refractivity contribution in [3.8, 4) is 0 Å². The van der Waals surface area contributed by atoms with Gasteiger partial charge in [-0.1, -0.05) is 0 Å². The molecule has 1 unspecified atom stereocenters. The summed E-state index contributed by atoms with van der Waals surface area (Å²) >= 11 is 0. The van der Waals surface area contributed by atoms with Gasteiger partial charge in [0.2, 0.25) is 5.91 Å². The molecule has 1 fully saturated rings. The van der Waals surface area contributed by atoms with E-state index < -0.39 is 0 Å². The van der Waals surface area contributed by atoms with Crippen LogP contribution in [0.4, 0.5) is 11.5 Å². The molecule has 1 saturated heterocycles. The van der Waals surface area contributed by atoms with Crippen LogP contribution in [0.3, 0.4) is 0 Å². The molecule has 0 aromatic carbocycles. The van der Waals surface area contributed by atoms with Crippen LogP contribution < -0.4 is 15.5 Å². The van der Waals surface area contributed by atoms with E-state index in [4.69, 9.17) is 4.74 Å². The molecule has 1 aromatic rings. The van der Waals surface area contributed by atoms with Crippen molar-refractivity contribution >= 4 is 23.3 Å². The first-order chi connectivity index (χ1) is 12.6. The monoisotopic (exact) mass is 361 g/mol. The Balaban J connectivity index is 1.51. The fraction of sp³-hybridized carbons (Fsp3) is 0.611. The van der Waals surface area contributed by atoms with Gasteiger partial charge in [0.15, 0.2) is 0 Å². The third-order valence-corrected chi connectivity index (χ3v) is 5.02. The van der Waals surface area contributed by atoms with Gasteiger partial charge < -0.3 is 25.2 Å². The lowest BCUT2D eigenvalue weighted by molar-refractivity contribution is -0.116. The second kappa shape index (κ2) is 8.46. The zero-order valence-corrected chi connectivity index (χ0v) is 15.5. The molecule has 8 nitrogen and oxygen atoms in total. The number of rotatable bonds is 7. The third-order valence-electron chi connectivity index (χ3n) is 5.02. The molecule has 3 rings (SSSR count). The maximum atomic E-state index is 12.5. The van der Waals surface area contributed by atoms with Crippen LogP contribution in [0.15, 0.2) is 12.3 Å². The van der Waals surface area contributed by atoms with Crippen LogP contribution in [-0.4, -0.2) is 75.2 Å². The number of hydrogen-bond donors (Lipinski definition) is 2. The minimum Gasteiger partial charge on any atom is -0.385 e. The number of anilines is 2. The first kappa shape index (κ1) is 18.6. The van der Waals surface area contributed by atoms with Crippen LogP contribution in [0.5, 0.6) is 0 Å².